The number of hydrogen-bond acceptors (Lipinski definition) is 1. The van der Waals surface area contributed by atoms with Crippen molar-refractivity contribution in [3.05, 3.63) is 12.2 Å². The summed E-state index contributed by atoms with van der Waals surface area (Å²) in [5.74, 6) is 0. The van der Waals surface area contributed by atoms with E-state index in [9.17, 15) is 0 Å². The lowest BCUT2D eigenvalue weighted by Crippen LogP contribution is -2.16. The molecule has 0 aromatic rings. The summed E-state index contributed by atoms with van der Waals surface area (Å²) < 4.78 is 0. The molecule has 0 aliphatic heterocycles. The van der Waals surface area contributed by atoms with Gasteiger partial charge in [-0.3, -0.25) is 4.99 Å². The summed E-state index contributed by atoms with van der Waals surface area (Å²) in [6, 6.07) is 0.507. The van der Waals surface area contributed by atoms with Gasteiger partial charge in [0.25, 0.3) is 0 Å². The number of aliphatic imine (C=N–C) groups is 1. The fourth-order valence-corrected chi connectivity index (χ4v) is 0.736. The highest BCUT2D eigenvalue weighted by Crippen LogP contribution is 2.26. The quantitative estimate of drug-likeness (QED) is 0.345. The van der Waals surface area contributed by atoms with E-state index in [0.29, 0.717) is 6.04 Å². The third-order valence-corrected chi connectivity index (χ3v) is 1.31. The Morgan fingerprint density at radius 3 is 2.29 bits per heavy atom. The van der Waals surface area contributed by atoms with Gasteiger partial charge in [0.15, 0.2) is 0 Å². The Morgan fingerprint density at radius 2 is 2.14 bits per heavy atom. The van der Waals surface area contributed by atoms with E-state index < -0.39 is 0 Å². The number of nitrogens with zero attached hydrogens (tertiary/aromatic N) is 1. The zero-order chi connectivity index (χ0) is 5.28. The van der Waals surface area contributed by atoms with E-state index in [-0.39, 0.29) is 0 Å². The topological polar surface area (TPSA) is 12.4 Å². The lowest BCUT2D eigenvalue weighted by molar-refractivity contribution is 0.551. The average Bonchev–Trinajstić information content (AvgIpc) is 1.58. The molecule has 0 aromatic carbocycles. The van der Waals surface area contributed by atoms with Gasteiger partial charge in [0, 0.05) is 0 Å². The van der Waals surface area contributed by atoms with E-state index >= 15 is 0 Å². The molecule has 0 heterocycles. The lowest BCUT2D eigenvalue weighted by Gasteiger charge is -2.23. The van der Waals surface area contributed by atoms with Gasteiger partial charge < -0.3 is 0 Å². The third kappa shape index (κ3) is 0.710. The summed E-state index contributed by atoms with van der Waals surface area (Å²) in [7, 11) is 0. The number of hydrogen-bond donors (Lipinski definition) is 0. The fourth-order valence-electron chi connectivity index (χ4n) is 0.736. The predicted octanol–water partition coefficient (Wildman–Crippen LogP) is 1.41. The van der Waals surface area contributed by atoms with Crippen molar-refractivity contribution in [2.24, 2.45) is 4.99 Å². The molecule has 1 fully saturated rings. The third-order valence-electron chi connectivity index (χ3n) is 1.31. The lowest BCUT2D eigenvalue weighted by atomic mass is 9.89. The molecule has 0 unspecified atom stereocenters. The van der Waals surface area contributed by atoms with Crippen molar-refractivity contribution >= 4 is 6.72 Å². The first-order chi connectivity index (χ1) is 3.33. The largest absolute Gasteiger partial charge is 0.297 e. The maximum atomic E-state index is 3.83. The van der Waals surface area contributed by atoms with Crippen LogP contribution in [0.1, 0.15) is 12.8 Å². The Morgan fingerprint density at radius 1 is 1.57 bits per heavy atom. The minimum absolute atomic E-state index is 0.507. The normalized spacial score (nSPS) is 21.4. The van der Waals surface area contributed by atoms with Gasteiger partial charge >= 0.3 is 0 Å². The van der Waals surface area contributed by atoms with Crippen molar-refractivity contribution in [1.29, 1.82) is 0 Å². The molecular formula is C6H9N. The first-order valence-corrected chi connectivity index (χ1v) is 2.45. The van der Waals surface area contributed by atoms with E-state index in [1.54, 1.807) is 0 Å². The van der Waals surface area contributed by atoms with Crippen LogP contribution in [-0.2, 0) is 0 Å². The smallest absolute Gasteiger partial charge is 0.0566 e. The Hall–Kier alpha value is -0.590. The molecule has 0 bridgehead atoms. The van der Waals surface area contributed by atoms with E-state index in [4.69, 9.17) is 0 Å². The zero-order valence-corrected chi connectivity index (χ0v) is 4.35. The highest BCUT2D eigenvalue weighted by Gasteiger charge is 2.18. The molecule has 0 spiro atoms. The van der Waals surface area contributed by atoms with Crippen molar-refractivity contribution in [3.8, 4) is 0 Å². The van der Waals surface area contributed by atoms with Gasteiger partial charge in [0.2, 0.25) is 0 Å². The molecule has 1 nitrogen and oxygen atoms in total. The van der Waals surface area contributed by atoms with Crippen molar-refractivity contribution in [2.45, 2.75) is 18.9 Å². The van der Waals surface area contributed by atoms with Crippen LogP contribution in [0.15, 0.2) is 17.1 Å². The second-order valence-corrected chi connectivity index (χ2v) is 1.99. The molecule has 0 saturated heterocycles. The highest BCUT2D eigenvalue weighted by molar-refractivity contribution is 5.27. The molecule has 1 rings (SSSR count). The molecule has 0 amide bonds. The average molecular weight is 95.1 g/mol. The molecule has 1 aliphatic carbocycles. The van der Waals surface area contributed by atoms with Crippen LogP contribution >= 0.6 is 0 Å². The minimum atomic E-state index is 0.507. The predicted molar refractivity (Wildman–Crippen MR) is 31.7 cm³/mol. The Balaban J connectivity index is 2.29. The minimum Gasteiger partial charge on any atom is -0.297 e. The number of rotatable bonds is 1. The summed E-state index contributed by atoms with van der Waals surface area (Å²) in [6.07, 6.45) is 2.15. The molecule has 0 aromatic heterocycles. The van der Waals surface area contributed by atoms with Gasteiger partial charge in [-0.25, -0.2) is 0 Å². The first-order valence-electron chi connectivity index (χ1n) is 2.45. The van der Waals surface area contributed by atoms with Crippen molar-refractivity contribution in [3.63, 3.8) is 0 Å². The van der Waals surface area contributed by atoms with Gasteiger partial charge in [-0.1, -0.05) is 12.2 Å². The molecule has 0 atom stereocenters. The van der Waals surface area contributed by atoms with Crippen molar-refractivity contribution in [1.82, 2.24) is 0 Å². The molecule has 38 valence electrons. The van der Waals surface area contributed by atoms with Gasteiger partial charge in [-0.05, 0) is 19.6 Å². The molecule has 1 aliphatic rings. The molecule has 1 heteroatoms. The fraction of sp³-hybridized carbons (Fsp3) is 0.500. The summed E-state index contributed by atoms with van der Waals surface area (Å²) >= 11 is 0. The van der Waals surface area contributed by atoms with Crippen LogP contribution in [0.3, 0.4) is 0 Å². The van der Waals surface area contributed by atoms with Crippen LogP contribution < -0.4 is 0 Å². The van der Waals surface area contributed by atoms with Crippen LogP contribution in [0.4, 0.5) is 0 Å². The van der Waals surface area contributed by atoms with E-state index in [2.05, 4.69) is 18.3 Å². The Kier molecular flexibility index (Phi) is 0.970. The first kappa shape index (κ1) is 4.57. The monoisotopic (exact) mass is 95.1 g/mol. The summed E-state index contributed by atoms with van der Waals surface area (Å²) in [4.78, 5) is 3.83. The van der Waals surface area contributed by atoms with Gasteiger partial charge in [0.05, 0.1) is 6.04 Å². The van der Waals surface area contributed by atoms with Gasteiger partial charge in [-0.2, -0.15) is 0 Å². The van der Waals surface area contributed by atoms with E-state index in [1.807, 2.05) is 0 Å². The van der Waals surface area contributed by atoms with Crippen molar-refractivity contribution in [2.75, 3.05) is 0 Å². The van der Waals surface area contributed by atoms with Crippen LogP contribution in [0.2, 0.25) is 0 Å². The van der Waals surface area contributed by atoms with E-state index in [1.165, 1.54) is 5.57 Å². The highest BCUT2D eigenvalue weighted by atomic mass is 14.8. The maximum Gasteiger partial charge on any atom is 0.0566 e. The zero-order valence-electron chi connectivity index (χ0n) is 4.35. The van der Waals surface area contributed by atoms with Gasteiger partial charge in [0.1, 0.15) is 0 Å². The summed E-state index contributed by atoms with van der Waals surface area (Å²) in [5, 5.41) is 0. The second-order valence-electron chi connectivity index (χ2n) is 1.99. The van der Waals surface area contributed by atoms with Crippen LogP contribution in [0.5, 0.6) is 0 Å². The summed E-state index contributed by atoms with van der Waals surface area (Å²) in [6.45, 7) is 7.20. The Bertz CT molecular complexity index is 96.7. The maximum absolute atomic E-state index is 3.83. The molecule has 7 heavy (non-hydrogen) atoms. The SMILES string of the molecule is C=NC1CC(=C)C1. The molecule has 1 saturated carbocycles. The molecular weight excluding hydrogens is 86.1 g/mol. The van der Waals surface area contributed by atoms with Crippen LogP contribution in [0, 0.1) is 0 Å². The van der Waals surface area contributed by atoms with E-state index in [0.717, 1.165) is 12.8 Å². The molecule has 0 radical (unpaired) electrons. The van der Waals surface area contributed by atoms with Crippen molar-refractivity contribution < 1.29 is 0 Å². The van der Waals surface area contributed by atoms with Gasteiger partial charge in [-0.15, -0.1) is 0 Å². The standard InChI is InChI=1S/C6H9N/c1-5-3-6(4-5)7-2/h6H,1-4H2. The van der Waals surface area contributed by atoms with Crippen LogP contribution in [0.25, 0.3) is 0 Å². The molecule has 0 N–H and O–H groups in total. The van der Waals surface area contributed by atoms with Crippen LogP contribution in [-0.4, -0.2) is 12.8 Å². The Labute approximate surface area is 43.8 Å². The second kappa shape index (κ2) is 1.49. The summed E-state index contributed by atoms with van der Waals surface area (Å²) in [5.41, 5.74) is 1.32.